The highest BCUT2D eigenvalue weighted by Gasteiger charge is 2.10. The molecule has 0 unspecified atom stereocenters. The largest absolute Gasteiger partial charge is 0.492 e. The van der Waals surface area contributed by atoms with Crippen molar-refractivity contribution in [2.75, 3.05) is 18.9 Å². The predicted molar refractivity (Wildman–Crippen MR) is 64.2 cm³/mol. The molecular formula is C12H20N2O. The molecule has 1 aromatic rings. The van der Waals surface area contributed by atoms with Crippen LogP contribution in [0, 0.1) is 6.92 Å². The minimum absolute atomic E-state index is 0.403. The van der Waals surface area contributed by atoms with Crippen molar-refractivity contribution in [2.45, 2.75) is 26.7 Å². The standard InChI is InChI=1S/C12H20N2O/c1-8(2)10-7-11(14)9(3)6-12(10)15-5-4-13/h6-8H,4-5,13-14H2,1-3H3. The van der Waals surface area contributed by atoms with Crippen LogP contribution in [0.15, 0.2) is 12.1 Å². The van der Waals surface area contributed by atoms with E-state index in [1.165, 1.54) is 0 Å². The lowest BCUT2D eigenvalue weighted by molar-refractivity contribution is 0.323. The van der Waals surface area contributed by atoms with Gasteiger partial charge >= 0.3 is 0 Å². The van der Waals surface area contributed by atoms with Crippen LogP contribution in [-0.2, 0) is 0 Å². The molecule has 0 spiro atoms. The van der Waals surface area contributed by atoms with Crippen LogP contribution in [0.1, 0.15) is 30.9 Å². The molecule has 0 saturated heterocycles. The summed E-state index contributed by atoms with van der Waals surface area (Å²) in [5, 5.41) is 0. The molecule has 0 aliphatic heterocycles. The number of hydrogen-bond donors (Lipinski definition) is 2. The molecule has 0 atom stereocenters. The van der Waals surface area contributed by atoms with Gasteiger partial charge in [0, 0.05) is 12.2 Å². The van der Waals surface area contributed by atoms with E-state index >= 15 is 0 Å². The SMILES string of the molecule is Cc1cc(OCCN)c(C(C)C)cc1N. The first-order valence-corrected chi connectivity index (χ1v) is 5.29. The van der Waals surface area contributed by atoms with Gasteiger partial charge in [-0.15, -0.1) is 0 Å². The number of benzene rings is 1. The zero-order valence-corrected chi connectivity index (χ0v) is 9.71. The molecule has 0 aliphatic rings. The molecule has 0 saturated carbocycles. The highest BCUT2D eigenvalue weighted by atomic mass is 16.5. The molecule has 0 radical (unpaired) electrons. The summed E-state index contributed by atoms with van der Waals surface area (Å²) in [6.45, 7) is 7.30. The quantitative estimate of drug-likeness (QED) is 0.744. The average Bonchev–Trinajstić information content (AvgIpc) is 2.19. The molecule has 0 fully saturated rings. The van der Waals surface area contributed by atoms with Crippen molar-refractivity contribution < 1.29 is 4.74 Å². The Kier molecular flexibility index (Phi) is 3.97. The first-order chi connectivity index (χ1) is 7.06. The maximum absolute atomic E-state index is 5.88. The van der Waals surface area contributed by atoms with Gasteiger partial charge in [0.2, 0.25) is 0 Å². The van der Waals surface area contributed by atoms with Gasteiger partial charge in [0.05, 0.1) is 0 Å². The van der Waals surface area contributed by atoms with E-state index in [4.69, 9.17) is 16.2 Å². The van der Waals surface area contributed by atoms with Crippen molar-refractivity contribution in [1.29, 1.82) is 0 Å². The van der Waals surface area contributed by atoms with Crippen molar-refractivity contribution in [3.63, 3.8) is 0 Å². The van der Waals surface area contributed by atoms with Gasteiger partial charge in [0.15, 0.2) is 0 Å². The fraction of sp³-hybridized carbons (Fsp3) is 0.500. The predicted octanol–water partition coefficient (Wildman–Crippen LogP) is 2.04. The number of ether oxygens (including phenoxy) is 1. The Balaban J connectivity index is 3.04. The second-order valence-corrected chi connectivity index (χ2v) is 4.04. The third-order valence-electron chi connectivity index (χ3n) is 2.40. The van der Waals surface area contributed by atoms with Gasteiger partial charge in [0.25, 0.3) is 0 Å². The molecular weight excluding hydrogens is 188 g/mol. The average molecular weight is 208 g/mol. The highest BCUT2D eigenvalue weighted by molar-refractivity contribution is 5.55. The summed E-state index contributed by atoms with van der Waals surface area (Å²) in [7, 11) is 0. The third-order valence-corrected chi connectivity index (χ3v) is 2.40. The van der Waals surface area contributed by atoms with Crippen molar-refractivity contribution in [2.24, 2.45) is 5.73 Å². The van der Waals surface area contributed by atoms with Gasteiger partial charge < -0.3 is 16.2 Å². The molecule has 0 aliphatic carbocycles. The zero-order valence-electron chi connectivity index (χ0n) is 9.71. The monoisotopic (exact) mass is 208 g/mol. The summed E-state index contributed by atoms with van der Waals surface area (Å²) < 4.78 is 5.60. The normalized spacial score (nSPS) is 10.7. The Labute approximate surface area is 91.4 Å². The van der Waals surface area contributed by atoms with Crippen molar-refractivity contribution in [3.05, 3.63) is 23.3 Å². The van der Waals surface area contributed by atoms with E-state index in [0.29, 0.717) is 19.1 Å². The number of rotatable bonds is 4. The molecule has 4 N–H and O–H groups in total. The maximum atomic E-state index is 5.88. The lowest BCUT2D eigenvalue weighted by atomic mass is 9.99. The number of hydrogen-bond acceptors (Lipinski definition) is 3. The summed E-state index contributed by atoms with van der Waals surface area (Å²) >= 11 is 0. The second-order valence-electron chi connectivity index (χ2n) is 4.04. The van der Waals surface area contributed by atoms with Crippen LogP contribution in [0.3, 0.4) is 0 Å². The minimum Gasteiger partial charge on any atom is -0.492 e. The van der Waals surface area contributed by atoms with E-state index in [0.717, 1.165) is 22.6 Å². The Hall–Kier alpha value is -1.22. The van der Waals surface area contributed by atoms with E-state index < -0.39 is 0 Å². The van der Waals surface area contributed by atoms with Crippen molar-refractivity contribution >= 4 is 5.69 Å². The molecule has 3 nitrogen and oxygen atoms in total. The fourth-order valence-corrected chi connectivity index (χ4v) is 1.46. The first-order valence-electron chi connectivity index (χ1n) is 5.29. The van der Waals surface area contributed by atoms with Crippen LogP contribution in [0.2, 0.25) is 0 Å². The summed E-state index contributed by atoms with van der Waals surface area (Å²) in [5.74, 6) is 1.31. The van der Waals surface area contributed by atoms with Gasteiger partial charge in [-0.1, -0.05) is 13.8 Å². The number of nitrogens with two attached hydrogens (primary N) is 2. The maximum Gasteiger partial charge on any atom is 0.123 e. The van der Waals surface area contributed by atoms with Crippen LogP contribution in [-0.4, -0.2) is 13.2 Å². The van der Waals surface area contributed by atoms with Crippen LogP contribution < -0.4 is 16.2 Å². The molecule has 0 amide bonds. The Morgan fingerprint density at radius 3 is 2.53 bits per heavy atom. The van der Waals surface area contributed by atoms with Gasteiger partial charge in [-0.3, -0.25) is 0 Å². The Morgan fingerprint density at radius 1 is 1.33 bits per heavy atom. The topological polar surface area (TPSA) is 61.3 Å². The second kappa shape index (κ2) is 5.03. The Bertz CT molecular complexity index is 335. The van der Waals surface area contributed by atoms with Gasteiger partial charge in [0.1, 0.15) is 12.4 Å². The van der Waals surface area contributed by atoms with Gasteiger partial charge in [-0.2, -0.15) is 0 Å². The fourth-order valence-electron chi connectivity index (χ4n) is 1.46. The van der Waals surface area contributed by atoms with Crippen molar-refractivity contribution in [3.8, 4) is 5.75 Å². The molecule has 0 bridgehead atoms. The van der Waals surface area contributed by atoms with Crippen LogP contribution in [0.5, 0.6) is 5.75 Å². The summed E-state index contributed by atoms with van der Waals surface area (Å²) in [6, 6.07) is 3.98. The molecule has 1 aromatic carbocycles. The number of aryl methyl sites for hydroxylation is 1. The minimum atomic E-state index is 0.403. The lowest BCUT2D eigenvalue weighted by Gasteiger charge is -2.15. The van der Waals surface area contributed by atoms with Crippen LogP contribution in [0.4, 0.5) is 5.69 Å². The number of anilines is 1. The smallest absolute Gasteiger partial charge is 0.123 e. The van der Waals surface area contributed by atoms with Crippen LogP contribution >= 0.6 is 0 Å². The van der Waals surface area contributed by atoms with Crippen molar-refractivity contribution in [1.82, 2.24) is 0 Å². The van der Waals surface area contributed by atoms with E-state index in [1.807, 2.05) is 19.1 Å². The van der Waals surface area contributed by atoms with E-state index in [-0.39, 0.29) is 0 Å². The molecule has 1 rings (SSSR count). The lowest BCUT2D eigenvalue weighted by Crippen LogP contribution is -2.12. The first kappa shape index (κ1) is 11.9. The molecule has 15 heavy (non-hydrogen) atoms. The summed E-state index contributed by atoms with van der Waals surface area (Å²) in [5.41, 5.74) is 14.3. The van der Waals surface area contributed by atoms with E-state index in [1.54, 1.807) is 0 Å². The summed E-state index contributed by atoms with van der Waals surface area (Å²) in [6.07, 6.45) is 0. The molecule has 0 heterocycles. The van der Waals surface area contributed by atoms with E-state index in [9.17, 15) is 0 Å². The molecule has 84 valence electrons. The zero-order chi connectivity index (χ0) is 11.4. The van der Waals surface area contributed by atoms with Gasteiger partial charge in [-0.25, -0.2) is 0 Å². The van der Waals surface area contributed by atoms with E-state index in [2.05, 4.69) is 13.8 Å². The van der Waals surface area contributed by atoms with Crippen LogP contribution in [0.25, 0.3) is 0 Å². The summed E-state index contributed by atoms with van der Waals surface area (Å²) in [4.78, 5) is 0. The molecule has 3 heteroatoms. The van der Waals surface area contributed by atoms with Gasteiger partial charge in [-0.05, 0) is 36.1 Å². The third kappa shape index (κ3) is 2.86. The number of nitrogen functional groups attached to an aromatic ring is 1. The Morgan fingerprint density at radius 2 is 2.00 bits per heavy atom. The highest BCUT2D eigenvalue weighted by Crippen LogP contribution is 2.30. The molecule has 0 aromatic heterocycles.